The number of para-hydroxylation sites is 1. The number of fused-ring (bicyclic) bond motifs is 1. The van der Waals surface area contributed by atoms with Crippen LogP contribution in [0, 0.1) is 0 Å². The summed E-state index contributed by atoms with van der Waals surface area (Å²) in [6, 6.07) is 9.41. The first-order chi connectivity index (χ1) is 7.29. The van der Waals surface area contributed by atoms with E-state index in [9.17, 15) is 4.79 Å². The minimum absolute atomic E-state index is 0.438. The van der Waals surface area contributed by atoms with Crippen molar-refractivity contribution in [2.24, 2.45) is 0 Å². The molecule has 1 N–H and O–H groups in total. The van der Waals surface area contributed by atoms with Gasteiger partial charge >= 0.3 is 6.09 Å². The van der Waals surface area contributed by atoms with Crippen LogP contribution in [-0.2, 0) is 0 Å². The van der Waals surface area contributed by atoms with Gasteiger partial charge in [0, 0.05) is 12.4 Å². The van der Waals surface area contributed by atoms with E-state index in [-0.39, 0.29) is 0 Å². The predicted octanol–water partition coefficient (Wildman–Crippen LogP) is 1.95. The van der Waals surface area contributed by atoms with E-state index in [1.807, 2.05) is 24.3 Å². The number of hydrogen-bond acceptors (Lipinski definition) is 3. The molecule has 0 saturated carbocycles. The quantitative estimate of drug-likeness (QED) is 0.769. The number of carbonyl (C=O) groups is 1. The van der Waals surface area contributed by atoms with Gasteiger partial charge in [0.05, 0.1) is 11.7 Å². The molecule has 0 radical (unpaired) electrons. The first-order valence-corrected chi connectivity index (χ1v) is 4.54. The Morgan fingerprint density at radius 1 is 1.40 bits per heavy atom. The first kappa shape index (κ1) is 9.45. The number of rotatable bonds is 1. The summed E-state index contributed by atoms with van der Waals surface area (Å²) in [5, 5.41) is 3.32. The summed E-state index contributed by atoms with van der Waals surface area (Å²) in [5.74, 6) is 0.438. The summed E-state index contributed by atoms with van der Waals surface area (Å²) < 4.78 is 4.96. The van der Waals surface area contributed by atoms with Gasteiger partial charge in [0.25, 0.3) is 0 Å². The number of pyridine rings is 1. The minimum Gasteiger partial charge on any atom is -0.409 e. The van der Waals surface area contributed by atoms with Gasteiger partial charge in [-0.3, -0.25) is 4.98 Å². The Hall–Kier alpha value is -2.10. The Kier molecular flexibility index (Phi) is 2.49. The largest absolute Gasteiger partial charge is 0.412 e. The molecule has 0 saturated heterocycles. The lowest BCUT2D eigenvalue weighted by Crippen LogP contribution is -2.22. The molecule has 0 fully saturated rings. The van der Waals surface area contributed by atoms with Crippen molar-refractivity contribution in [1.82, 2.24) is 10.3 Å². The van der Waals surface area contributed by atoms with Crippen LogP contribution in [0.1, 0.15) is 0 Å². The maximum Gasteiger partial charge on any atom is 0.412 e. The number of nitrogens with zero attached hydrogens (tertiary/aromatic N) is 1. The van der Waals surface area contributed by atoms with Crippen molar-refractivity contribution < 1.29 is 9.53 Å². The molecule has 4 heteroatoms. The predicted molar refractivity (Wildman–Crippen MR) is 56.8 cm³/mol. The second-order valence-electron chi connectivity index (χ2n) is 3.00. The first-order valence-electron chi connectivity index (χ1n) is 4.54. The van der Waals surface area contributed by atoms with Crippen molar-refractivity contribution in [2.45, 2.75) is 0 Å². The van der Waals surface area contributed by atoms with Crippen molar-refractivity contribution in [1.29, 1.82) is 0 Å². The molecule has 0 bridgehead atoms. The highest BCUT2D eigenvalue weighted by Gasteiger charge is 2.02. The van der Waals surface area contributed by atoms with Gasteiger partial charge < -0.3 is 10.1 Å². The summed E-state index contributed by atoms with van der Waals surface area (Å²) in [5.41, 5.74) is 0.877. The van der Waals surface area contributed by atoms with Crippen LogP contribution in [0.25, 0.3) is 10.9 Å². The number of amides is 1. The topological polar surface area (TPSA) is 51.2 Å². The lowest BCUT2D eigenvalue weighted by Gasteiger charge is -2.03. The highest BCUT2D eigenvalue weighted by molar-refractivity contribution is 5.80. The molecule has 15 heavy (non-hydrogen) atoms. The standard InChI is InChI=1S/C11H10N2O2/c1-12-11(14)15-9-6-8-4-2-3-5-10(8)13-7-9/h2-7H,1H3,(H,12,14). The molecule has 1 heterocycles. The molecule has 0 aliphatic heterocycles. The van der Waals surface area contributed by atoms with Gasteiger partial charge in [0.2, 0.25) is 0 Å². The van der Waals surface area contributed by atoms with E-state index >= 15 is 0 Å². The van der Waals surface area contributed by atoms with Gasteiger partial charge in [-0.2, -0.15) is 0 Å². The lowest BCUT2D eigenvalue weighted by molar-refractivity contribution is 0.203. The van der Waals surface area contributed by atoms with E-state index in [4.69, 9.17) is 4.74 Å². The van der Waals surface area contributed by atoms with Crippen LogP contribution < -0.4 is 10.1 Å². The molecule has 0 atom stereocenters. The average Bonchev–Trinajstić information content (AvgIpc) is 2.29. The van der Waals surface area contributed by atoms with Crippen LogP contribution in [0.3, 0.4) is 0 Å². The van der Waals surface area contributed by atoms with Gasteiger partial charge in [-0.1, -0.05) is 18.2 Å². The van der Waals surface area contributed by atoms with Crippen LogP contribution in [0.5, 0.6) is 5.75 Å². The molecular formula is C11H10N2O2. The molecule has 0 aliphatic carbocycles. The summed E-state index contributed by atoms with van der Waals surface area (Å²) in [4.78, 5) is 15.1. The Labute approximate surface area is 86.9 Å². The van der Waals surface area contributed by atoms with Crippen LogP contribution in [0.2, 0.25) is 0 Å². The summed E-state index contributed by atoms with van der Waals surface area (Å²) in [6.45, 7) is 0. The van der Waals surface area contributed by atoms with Crippen molar-refractivity contribution >= 4 is 17.0 Å². The van der Waals surface area contributed by atoms with E-state index in [0.29, 0.717) is 5.75 Å². The maximum absolute atomic E-state index is 11.0. The third kappa shape index (κ3) is 2.04. The van der Waals surface area contributed by atoms with Gasteiger partial charge in [0.1, 0.15) is 0 Å². The van der Waals surface area contributed by atoms with Crippen LogP contribution in [-0.4, -0.2) is 18.1 Å². The van der Waals surface area contributed by atoms with Gasteiger partial charge in [-0.25, -0.2) is 4.79 Å². The fourth-order valence-electron chi connectivity index (χ4n) is 1.26. The molecule has 76 valence electrons. The lowest BCUT2D eigenvalue weighted by atomic mass is 10.2. The van der Waals surface area contributed by atoms with Crippen molar-refractivity contribution in [3.63, 3.8) is 0 Å². The van der Waals surface area contributed by atoms with Crippen LogP contribution in [0.4, 0.5) is 4.79 Å². The van der Waals surface area contributed by atoms with E-state index in [0.717, 1.165) is 10.9 Å². The molecule has 1 aromatic carbocycles. The number of ether oxygens (including phenoxy) is 1. The minimum atomic E-state index is -0.493. The Balaban J connectivity index is 2.34. The summed E-state index contributed by atoms with van der Waals surface area (Å²) in [7, 11) is 1.51. The molecule has 1 amide bonds. The van der Waals surface area contributed by atoms with Gasteiger partial charge in [0.15, 0.2) is 5.75 Å². The fraction of sp³-hybridized carbons (Fsp3) is 0.0909. The SMILES string of the molecule is CNC(=O)Oc1cnc2ccccc2c1. The molecule has 2 aromatic rings. The molecule has 2 rings (SSSR count). The number of benzene rings is 1. The zero-order valence-electron chi connectivity index (χ0n) is 8.23. The van der Waals surface area contributed by atoms with Crippen molar-refractivity contribution in [3.8, 4) is 5.75 Å². The Morgan fingerprint density at radius 2 is 2.20 bits per heavy atom. The van der Waals surface area contributed by atoms with E-state index in [1.165, 1.54) is 13.2 Å². The van der Waals surface area contributed by atoms with Crippen LogP contribution in [0.15, 0.2) is 36.5 Å². The molecule has 0 unspecified atom stereocenters. The summed E-state index contributed by atoms with van der Waals surface area (Å²) in [6.07, 6.45) is 1.03. The highest BCUT2D eigenvalue weighted by atomic mass is 16.6. The molecule has 0 aliphatic rings. The third-order valence-corrected chi connectivity index (χ3v) is 1.98. The smallest absolute Gasteiger partial charge is 0.409 e. The molecular weight excluding hydrogens is 192 g/mol. The summed E-state index contributed by atoms with van der Waals surface area (Å²) >= 11 is 0. The Morgan fingerprint density at radius 3 is 3.00 bits per heavy atom. The van der Waals surface area contributed by atoms with Gasteiger partial charge in [-0.15, -0.1) is 0 Å². The maximum atomic E-state index is 11.0. The third-order valence-electron chi connectivity index (χ3n) is 1.98. The monoisotopic (exact) mass is 202 g/mol. The zero-order chi connectivity index (χ0) is 10.7. The normalized spacial score (nSPS) is 9.93. The second-order valence-corrected chi connectivity index (χ2v) is 3.00. The number of nitrogens with one attached hydrogen (secondary N) is 1. The van der Waals surface area contributed by atoms with E-state index in [1.54, 1.807) is 6.07 Å². The van der Waals surface area contributed by atoms with E-state index in [2.05, 4.69) is 10.3 Å². The number of carbonyl (C=O) groups excluding carboxylic acids is 1. The second kappa shape index (κ2) is 3.96. The number of hydrogen-bond donors (Lipinski definition) is 1. The fourth-order valence-corrected chi connectivity index (χ4v) is 1.26. The molecule has 4 nitrogen and oxygen atoms in total. The van der Waals surface area contributed by atoms with Crippen molar-refractivity contribution in [3.05, 3.63) is 36.5 Å². The van der Waals surface area contributed by atoms with Crippen LogP contribution >= 0.6 is 0 Å². The average molecular weight is 202 g/mol. The molecule has 0 spiro atoms. The van der Waals surface area contributed by atoms with Crippen molar-refractivity contribution in [2.75, 3.05) is 7.05 Å². The Bertz CT molecular complexity index is 497. The highest BCUT2D eigenvalue weighted by Crippen LogP contribution is 2.17. The van der Waals surface area contributed by atoms with E-state index < -0.39 is 6.09 Å². The molecule has 1 aromatic heterocycles. The number of aromatic nitrogens is 1. The van der Waals surface area contributed by atoms with Gasteiger partial charge in [-0.05, 0) is 12.1 Å². The zero-order valence-corrected chi connectivity index (χ0v) is 8.23.